The Morgan fingerprint density at radius 3 is 2.82 bits per heavy atom. The van der Waals surface area contributed by atoms with Crippen molar-refractivity contribution in [3.05, 3.63) is 11.6 Å². The summed E-state index contributed by atoms with van der Waals surface area (Å²) in [6.07, 6.45) is 5.35. The van der Waals surface area contributed by atoms with Gasteiger partial charge in [0.05, 0.1) is 6.10 Å². The quantitative estimate of drug-likeness (QED) is 0.691. The summed E-state index contributed by atoms with van der Waals surface area (Å²) in [4.78, 5) is 25.8. The van der Waals surface area contributed by atoms with Gasteiger partial charge in [0.15, 0.2) is 0 Å². The number of ether oxygens (including phenoxy) is 2. The van der Waals surface area contributed by atoms with Gasteiger partial charge in [0.25, 0.3) is 0 Å². The van der Waals surface area contributed by atoms with Crippen LogP contribution in [0.4, 0.5) is 0 Å². The van der Waals surface area contributed by atoms with Gasteiger partial charge in [-0.05, 0) is 38.2 Å². The van der Waals surface area contributed by atoms with E-state index >= 15 is 0 Å². The van der Waals surface area contributed by atoms with Crippen molar-refractivity contribution in [1.29, 1.82) is 0 Å². The van der Waals surface area contributed by atoms with Crippen molar-refractivity contribution in [3.8, 4) is 0 Å². The minimum Gasteiger partial charge on any atom is -0.452 e. The van der Waals surface area contributed by atoms with E-state index in [1.165, 1.54) is 0 Å². The number of carbonyl (C=O) groups is 2. The van der Waals surface area contributed by atoms with Gasteiger partial charge in [-0.2, -0.15) is 0 Å². The second kappa shape index (κ2) is 5.08. The van der Waals surface area contributed by atoms with E-state index in [1.807, 2.05) is 6.08 Å². The molecule has 0 unspecified atom stereocenters. The average molecular weight is 305 g/mol. The van der Waals surface area contributed by atoms with Crippen LogP contribution in [-0.2, 0) is 19.1 Å². The summed E-state index contributed by atoms with van der Waals surface area (Å²) in [5, 5.41) is 0. The van der Waals surface area contributed by atoms with Crippen LogP contribution in [-0.4, -0.2) is 47.7 Å². The molecule has 0 saturated carbocycles. The van der Waals surface area contributed by atoms with Gasteiger partial charge in [0.2, 0.25) is 5.91 Å². The summed E-state index contributed by atoms with van der Waals surface area (Å²) in [7, 11) is 0. The zero-order valence-corrected chi connectivity index (χ0v) is 13.2. The summed E-state index contributed by atoms with van der Waals surface area (Å²) in [6, 6.07) is 0.308. The van der Waals surface area contributed by atoms with Gasteiger partial charge in [-0.25, -0.2) is 4.79 Å². The van der Waals surface area contributed by atoms with Crippen molar-refractivity contribution < 1.29 is 19.1 Å². The average Bonchev–Trinajstić information content (AvgIpc) is 3.05. The lowest BCUT2D eigenvalue weighted by Gasteiger charge is -2.31. The van der Waals surface area contributed by atoms with Crippen molar-refractivity contribution in [2.75, 3.05) is 6.54 Å². The highest BCUT2D eigenvalue weighted by molar-refractivity contribution is 5.90. The molecule has 0 bridgehead atoms. The number of rotatable bonds is 1. The summed E-state index contributed by atoms with van der Waals surface area (Å²) in [5.41, 5.74) is 0.672. The minimum absolute atomic E-state index is 0.0768. The summed E-state index contributed by atoms with van der Waals surface area (Å²) in [6.45, 7) is 4.85. The maximum Gasteiger partial charge on any atom is 0.334 e. The monoisotopic (exact) mass is 305 g/mol. The van der Waals surface area contributed by atoms with Crippen LogP contribution in [0, 0.1) is 11.8 Å². The van der Waals surface area contributed by atoms with E-state index < -0.39 is 0 Å². The molecule has 5 nitrogen and oxygen atoms in total. The zero-order valence-electron chi connectivity index (χ0n) is 13.2. The first-order valence-electron chi connectivity index (χ1n) is 8.40. The predicted octanol–water partition coefficient (Wildman–Crippen LogP) is 1.66. The standard InChI is InChI=1S/C17H23NO4/c1-9-8-13(22-17(9)20)16-10(2)15-11-5-6-14(19)18(11)7-3-4-12(15)21-16/h8,10-13,15-16H,3-7H2,1-2H3/t10-,11-,12+,13-,15+,16-/m0/s1. The summed E-state index contributed by atoms with van der Waals surface area (Å²) in [5.74, 6) is 0.725. The molecular formula is C17H23NO4. The Morgan fingerprint density at radius 2 is 2.09 bits per heavy atom. The van der Waals surface area contributed by atoms with E-state index in [0.29, 0.717) is 35.8 Å². The largest absolute Gasteiger partial charge is 0.452 e. The van der Waals surface area contributed by atoms with Gasteiger partial charge in [0, 0.05) is 30.5 Å². The molecule has 5 heteroatoms. The Morgan fingerprint density at radius 1 is 1.27 bits per heavy atom. The molecule has 4 heterocycles. The molecule has 1 amide bonds. The van der Waals surface area contributed by atoms with Gasteiger partial charge in [-0.1, -0.05) is 6.92 Å². The molecule has 0 aromatic rings. The number of hydrogen-bond acceptors (Lipinski definition) is 4. The van der Waals surface area contributed by atoms with Crippen LogP contribution in [0.25, 0.3) is 0 Å². The van der Waals surface area contributed by atoms with E-state index in [4.69, 9.17) is 9.47 Å². The van der Waals surface area contributed by atoms with Crippen LogP contribution >= 0.6 is 0 Å². The number of hydrogen-bond donors (Lipinski definition) is 0. The third-order valence-electron chi connectivity index (χ3n) is 5.90. The second-order valence-electron chi connectivity index (χ2n) is 7.13. The second-order valence-corrected chi connectivity index (χ2v) is 7.13. The highest BCUT2D eigenvalue weighted by Gasteiger charge is 2.53. The van der Waals surface area contributed by atoms with E-state index in [1.54, 1.807) is 6.92 Å². The Labute approximate surface area is 130 Å². The number of esters is 1. The van der Waals surface area contributed by atoms with Crippen LogP contribution < -0.4 is 0 Å². The first-order valence-corrected chi connectivity index (χ1v) is 8.40. The van der Waals surface area contributed by atoms with Gasteiger partial charge in [-0.15, -0.1) is 0 Å². The highest BCUT2D eigenvalue weighted by atomic mass is 16.6. The third-order valence-corrected chi connectivity index (χ3v) is 5.90. The van der Waals surface area contributed by atoms with Crippen LogP contribution in [0.15, 0.2) is 11.6 Å². The lowest BCUT2D eigenvalue weighted by atomic mass is 9.80. The predicted molar refractivity (Wildman–Crippen MR) is 78.9 cm³/mol. The number of fused-ring (bicyclic) bond motifs is 3. The summed E-state index contributed by atoms with van der Waals surface area (Å²) < 4.78 is 11.8. The first kappa shape index (κ1) is 14.2. The lowest BCUT2D eigenvalue weighted by Crippen LogP contribution is -2.42. The molecular weight excluding hydrogens is 282 g/mol. The minimum atomic E-state index is -0.264. The third kappa shape index (κ3) is 2.02. The first-order chi connectivity index (χ1) is 10.6. The molecule has 0 aromatic heterocycles. The number of amides is 1. The van der Waals surface area contributed by atoms with Crippen molar-refractivity contribution in [2.45, 2.75) is 63.9 Å². The normalized spacial score (nSPS) is 44.5. The molecule has 4 aliphatic heterocycles. The van der Waals surface area contributed by atoms with Crippen molar-refractivity contribution >= 4 is 11.9 Å². The Balaban J connectivity index is 1.58. The fraction of sp³-hybridized carbons (Fsp3) is 0.765. The molecule has 4 rings (SSSR count). The zero-order chi connectivity index (χ0) is 15.4. The molecule has 22 heavy (non-hydrogen) atoms. The molecule has 0 N–H and O–H groups in total. The van der Waals surface area contributed by atoms with Gasteiger partial charge >= 0.3 is 5.97 Å². The van der Waals surface area contributed by atoms with Crippen LogP contribution in [0.5, 0.6) is 0 Å². The molecule has 120 valence electrons. The van der Waals surface area contributed by atoms with E-state index in [-0.39, 0.29) is 24.3 Å². The van der Waals surface area contributed by atoms with Crippen molar-refractivity contribution in [3.63, 3.8) is 0 Å². The molecule has 0 aromatic carbocycles. The maximum absolute atomic E-state index is 12.1. The van der Waals surface area contributed by atoms with Gasteiger partial charge in [-0.3, -0.25) is 4.79 Å². The van der Waals surface area contributed by atoms with Crippen LogP contribution in [0.1, 0.15) is 39.5 Å². The molecule has 0 spiro atoms. The Hall–Kier alpha value is -1.36. The fourth-order valence-electron chi connectivity index (χ4n) is 4.85. The number of cyclic esters (lactones) is 1. The Bertz CT molecular complexity index is 543. The molecule has 3 fully saturated rings. The number of nitrogens with zero attached hydrogens (tertiary/aromatic N) is 1. The van der Waals surface area contributed by atoms with Crippen molar-refractivity contribution in [1.82, 2.24) is 4.90 Å². The Kier molecular flexibility index (Phi) is 3.29. The smallest absolute Gasteiger partial charge is 0.334 e. The summed E-state index contributed by atoms with van der Waals surface area (Å²) >= 11 is 0. The van der Waals surface area contributed by atoms with E-state index in [2.05, 4.69) is 11.8 Å². The fourth-order valence-corrected chi connectivity index (χ4v) is 4.85. The van der Waals surface area contributed by atoms with Crippen LogP contribution in [0.2, 0.25) is 0 Å². The molecule has 3 saturated heterocycles. The molecule has 4 aliphatic rings. The van der Waals surface area contributed by atoms with E-state index in [0.717, 1.165) is 25.8 Å². The topological polar surface area (TPSA) is 55.8 Å². The number of carbonyl (C=O) groups excluding carboxylic acids is 2. The van der Waals surface area contributed by atoms with Gasteiger partial charge < -0.3 is 14.4 Å². The maximum atomic E-state index is 12.1. The SMILES string of the molecule is CC1=C[C@@H]([C@H]2O[C@@H]3CCCN4C(=O)CC[C@H]4[C@H]3[C@@H]2C)OC1=O. The lowest BCUT2D eigenvalue weighted by molar-refractivity contribution is -0.146. The molecule has 0 radical (unpaired) electrons. The van der Waals surface area contributed by atoms with E-state index in [9.17, 15) is 9.59 Å². The highest BCUT2D eigenvalue weighted by Crippen LogP contribution is 2.45. The molecule has 6 atom stereocenters. The van der Waals surface area contributed by atoms with Gasteiger partial charge in [0.1, 0.15) is 12.2 Å². The van der Waals surface area contributed by atoms with Crippen molar-refractivity contribution in [2.24, 2.45) is 11.8 Å². The van der Waals surface area contributed by atoms with Crippen LogP contribution in [0.3, 0.4) is 0 Å². The molecule has 0 aliphatic carbocycles.